The molecule has 0 saturated heterocycles. The van der Waals surface area contributed by atoms with Gasteiger partial charge in [-0.1, -0.05) is 29.8 Å². The fourth-order valence-corrected chi connectivity index (χ4v) is 2.38. The first kappa shape index (κ1) is 17.9. The van der Waals surface area contributed by atoms with Gasteiger partial charge in [0, 0.05) is 12.2 Å². The minimum atomic E-state index is -0.819. The van der Waals surface area contributed by atoms with Crippen molar-refractivity contribution in [3.63, 3.8) is 0 Å². The monoisotopic (exact) mass is 329 g/mol. The van der Waals surface area contributed by atoms with Crippen LogP contribution in [0.1, 0.15) is 46.0 Å². The highest BCUT2D eigenvalue weighted by Crippen LogP contribution is 2.16. The second-order valence-corrected chi connectivity index (χ2v) is 5.90. The van der Waals surface area contributed by atoms with E-state index in [1.54, 1.807) is 20.8 Å². The maximum atomic E-state index is 12.6. The summed E-state index contributed by atoms with van der Waals surface area (Å²) in [6.45, 7) is 7.71. The average molecular weight is 329 g/mol. The zero-order valence-corrected chi connectivity index (χ0v) is 14.5. The second-order valence-electron chi connectivity index (χ2n) is 5.90. The number of aliphatic hydroxyl groups excluding tert-OH is 1. The molecule has 0 aliphatic rings. The Labute approximate surface area is 141 Å². The molecule has 0 fully saturated rings. The van der Waals surface area contributed by atoms with E-state index >= 15 is 0 Å². The number of H-pyrrole nitrogens is 1. The molecular formula is C18H23N3O3. The van der Waals surface area contributed by atoms with Crippen molar-refractivity contribution in [2.45, 2.75) is 33.8 Å². The molecule has 0 radical (unpaired) electrons. The molecule has 1 aromatic carbocycles. The van der Waals surface area contributed by atoms with Crippen molar-refractivity contribution in [3.8, 4) is 0 Å². The Bertz CT molecular complexity index is 781. The van der Waals surface area contributed by atoms with Gasteiger partial charge in [-0.2, -0.15) is 0 Å². The predicted octanol–water partition coefficient (Wildman–Crippen LogP) is 1.89. The van der Waals surface area contributed by atoms with E-state index < -0.39 is 17.6 Å². The molecule has 1 unspecified atom stereocenters. The van der Waals surface area contributed by atoms with Crippen molar-refractivity contribution >= 4 is 5.91 Å². The quantitative estimate of drug-likeness (QED) is 0.877. The van der Waals surface area contributed by atoms with Crippen LogP contribution in [0.4, 0.5) is 0 Å². The molecule has 6 heteroatoms. The summed E-state index contributed by atoms with van der Waals surface area (Å²) in [5, 5.41) is 10.4. The number of nitrogens with one attached hydrogen (secondary N) is 1. The minimum Gasteiger partial charge on any atom is -0.387 e. The van der Waals surface area contributed by atoms with Gasteiger partial charge in [0.2, 0.25) is 0 Å². The fourth-order valence-electron chi connectivity index (χ4n) is 2.38. The van der Waals surface area contributed by atoms with Gasteiger partial charge >= 0.3 is 0 Å². The first-order valence-electron chi connectivity index (χ1n) is 7.95. The molecule has 0 aliphatic carbocycles. The molecule has 1 amide bonds. The first-order chi connectivity index (χ1) is 11.3. The summed E-state index contributed by atoms with van der Waals surface area (Å²) in [6.07, 6.45) is -0.819. The average Bonchev–Trinajstić information content (AvgIpc) is 2.55. The van der Waals surface area contributed by atoms with Crippen molar-refractivity contribution in [1.82, 2.24) is 14.9 Å². The number of amides is 1. The highest BCUT2D eigenvalue weighted by Gasteiger charge is 2.23. The van der Waals surface area contributed by atoms with Crippen LogP contribution in [0.2, 0.25) is 0 Å². The number of aliphatic hydroxyl groups is 1. The Morgan fingerprint density at radius 1 is 1.25 bits per heavy atom. The van der Waals surface area contributed by atoms with Crippen LogP contribution in [0.15, 0.2) is 29.1 Å². The maximum absolute atomic E-state index is 12.6. The molecule has 24 heavy (non-hydrogen) atoms. The number of carbonyl (C=O) groups is 1. The van der Waals surface area contributed by atoms with Crippen molar-refractivity contribution in [2.75, 3.05) is 13.1 Å². The minimum absolute atomic E-state index is 0.104. The van der Waals surface area contributed by atoms with Gasteiger partial charge in [-0.05, 0) is 33.3 Å². The number of carbonyl (C=O) groups excluding carboxylic acids is 1. The third-order valence-corrected chi connectivity index (χ3v) is 4.07. The summed E-state index contributed by atoms with van der Waals surface area (Å²) < 4.78 is 0. The van der Waals surface area contributed by atoms with Crippen LogP contribution in [0, 0.1) is 20.8 Å². The van der Waals surface area contributed by atoms with Crippen molar-refractivity contribution in [1.29, 1.82) is 0 Å². The summed E-state index contributed by atoms with van der Waals surface area (Å²) in [6, 6.07) is 7.48. The number of hydrogen-bond acceptors (Lipinski definition) is 4. The van der Waals surface area contributed by atoms with E-state index in [1.807, 2.05) is 31.2 Å². The number of likely N-dealkylation sites (N-methyl/N-ethyl adjacent to an activating group) is 1. The molecule has 6 nitrogen and oxygen atoms in total. The van der Waals surface area contributed by atoms with Gasteiger partial charge in [0.05, 0.1) is 18.3 Å². The Hall–Kier alpha value is -2.47. The Kier molecular flexibility index (Phi) is 5.51. The summed E-state index contributed by atoms with van der Waals surface area (Å²) in [5.41, 5.74) is 2.42. The zero-order chi connectivity index (χ0) is 17.9. The number of benzene rings is 1. The number of aromatic nitrogens is 2. The molecular weight excluding hydrogens is 306 g/mol. The predicted molar refractivity (Wildman–Crippen MR) is 92.0 cm³/mol. The number of rotatable bonds is 5. The molecule has 128 valence electrons. The number of hydrogen-bond donors (Lipinski definition) is 2. The lowest BCUT2D eigenvalue weighted by Gasteiger charge is -2.23. The highest BCUT2D eigenvalue weighted by atomic mass is 16.3. The number of aromatic amines is 1. The molecule has 2 N–H and O–H groups in total. The van der Waals surface area contributed by atoms with Crippen LogP contribution in [0.25, 0.3) is 0 Å². The standard InChI is InChI=1S/C18H23N3O3/c1-5-21(10-15(22)14-8-6-11(2)7-9-14)18(24)16-17(23)20-13(4)12(3)19-16/h6-9,15,22H,5,10H2,1-4H3,(H,20,23). The van der Waals surface area contributed by atoms with Gasteiger partial charge in [0.1, 0.15) is 0 Å². The van der Waals surface area contributed by atoms with Crippen molar-refractivity contribution in [3.05, 3.63) is 62.8 Å². The molecule has 0 saturated carbocycles. The van der Waals surface area contributed by atoms with Crippen molar-refractivity contribution < 1.29 is 9.90 Å². The lowest BCUT2D eigenvalue weighted by molar-refractivity contribution is 0.0627. The maximum Gasteiger partial charge on any atom is 0.279 e. The van der Waals surface area contributed by atoms with E-state index in [4.69, 9.17) is 0 Å². The zero-order valence-electron chi connectivity index (χ0n) is 14.5. The lowest BCUT2D eigenvalue weighted by atomic mass is 10.1. The van der Waals surface area contributed by atoms with E-state index in [0.29, 0.717) is 17.9 Å². The third kappa shape index (κ3) is 3.89. The van der Waals surface area contributed by atoms with Crippen LogP contribution in [0.5, 0.6) is 0 Å². The van der Waals surface area contributed by atoms with Crippen LogP contribution in [-0.2, 0) is 0 Å². The smallest absolute Gasteiger partial charge is 0.279 e. The van der Waals surface area contributed by atoms with E-state index in [9.17, 15) is 14.7 Å². The van der Waals surface area contributed by atoms with Gasteiger partial charge in [-0.3, -0.25) is 9.59 Å². The third-order valence-electron chi connectivity index (χ3n) is 4.07. The SMILES string of the molecule is CCN(CC(O)c1ccc(C)cc1)C(=O)c1nc(C)c(C)[nH]c1=O. The molecule has 2 aromatic rings. The molecule has 1 aromatic heterocycles. The number of nitrogens with zero attached hydrogens (tertiary/aromatic N) is 2. The van der Waals surface area contributed by atoms with Gasteiger partial charge in [-0.25, -0.2) is 4.98 Å². The molecule has 1 atom stereocenters. The van der Waals surface area contributed by atoms with Gasteiger partial charge < -0.3 is 15.0 Å². The van der Waals surface area contributed by atoms with E-state index in [-0.39, 0.29) is 12.2 Å². The summed E-state index contributed by atoms with van der Waals surface area (Å²) in [4.78, 5) is 32.8. The lowest BCUT2D eigenvalue weighted by Crippen LogP contribution is -2.38. The Balaban J connectivity index is 2.22. The van der Waals surface area contributed by atoms with E-state index in [1.165, 1.54) is 4.90 Å². The van der Waals surface area contributed by atoms with Crippen LogP contribution in [-0.4, -0.2) is 39.0 Å². The molecule has 0 aliphatic heterocycles. The van der Waals surface area contributed by atoms with Gasteiger partial charge in [0.25, 0.3) is 11.5 Å². The Morgan fingerprint density at radius 2 is 1.88 bits per heavy atom. The van der Waals surface area contributed by atoms with Crippen molar-refractivity contribution in [2.24, 2.45) is 0 Å². The van der Waals surface area contributed by atoms with Crippen LogP contribution >= 0.6 is 0 Å². The molecule has 0 bridgehead atoms. The van der Waals surface area contributed by atoms with Crippen LogP contribution < -0.4 is 5.56 Å². The van der Waals surface area contributed by atoms with Crippen LogP contribution in [0.3, 0.4) is 0 Å². The highest BCUT2D eigenvalue weighted by molar-refractivity contribution is 5.92. The van der Waals surface area contributed by atoms with E-state index in [2.05, 4.69) is 9.97 Å². The van der Waals surface area contributed by atoms with Gasteiger partial charge in [0.15, 0.2) is 5.69 Å². The summed E-state index contributed by atoms with van der Waals surface area (Å²) in [5.74, 6) is -0.479. The topological polar surface area (TPSA) is 86.3 Å². The number of aryl methyl sites for hydroxylation is 3. The largest absolute Gasteiger partial charge is 0.387 e. The Morgan fingerprint density at radius 3 is 2.46 bits per heavy atom. The molecule has 2 rings (SSSR count). The summed E-state index contributed by atoms with van der Waals surface area (Å²) >= 11 is 0. The normalized spacial score (nSPS) is 12.0. The van der Waals surface area contributed by atoms with Gasteiger partial charge in [-0.15, -0.1) is 0 Å². The summed E-state index contributed by atoms with van der Waals surface area (Å²) in [7, 11) is 0. The second kappa shape index (κ2) is 7.40. The fraction of sp³-hybridized carbons (Fsp3) is 0.389. The molecule has 0 spiro atoms. The molecule has 1 heterocycles. The first-order valence-corrected chi connectivity index (χ1v) is 7.95. The van der Waals surface area contributed by atoms with E-state index in [0.717, 1.165) is 11.1 Å².